The molecule has 2 bridgehead atoms. The second kappa shape index (κ2) is 11.9. The van der Waals surface area contributed by atoms with Crippen molar-refractivity contribution in [2.75, 3.05) is 38.0 Å². The number of imidazole rings is 2. The van der Waals surface area contributed by atoms with Gasteiger partial charge in [-0.3, -0.25) is 28.0 Å². The number of aliphatic hydroxyl groups excluding tert-OH is 1. The number of ether oxygens (including phenoxy) is 2. The highest BCUT2D eigenvalue weighted by Gasteiger charge is 2.52. The average molecular weight is 716 g/mol. The number of thiol groups is 2. The Balaban J connectivity index is 1.22. The molecule has 18 nitrogen and oxygen atoms in total. The molecule has 10 atom stereocenters. The van der Waals surface area contributed by atoms with Gasteiger partial charge in [-0.15, -0.1) is 0 Å². The van der Waals surface area contributed by atoms with E-state index in [-0.39, 0.29) is 42.9 Å². The number of hydrogen-bond acceptors (Lipinski definition) is 15. The van der Waals surface area contributed by atoms with Crippen LogP contribution in [-0.4, -0.2) is 90.1 Å². The fourth-order valence-corrected chi connectivity index (χ4v) is 10.3. The molecule has 0 aromatic carbocycles. The van der Waals surface area contributed by atoms with Crippen LogP contribution in [0.15, 0.2) is 29.7 Å². The summed E-state index contributed by atoms with van der Waals surface area (Å²) in [6.07, 6.45) is -0.439. The van der Waals surface area contributed by atoms with E-state index in [0.717, 1.165) is 0 Å². The topological polar surface area (TPSA) is 247 Å². The van der Waals surface area contributed by atoms with Gasteiger partial charge >= 0.3 is 6.80 Å². The Hall–Kier alpha value is -2.51. The number of nitrogen functional groups attached to an aromatic ring is 2. The minimum Gasteiger partial charge on any atom is -0.397 e. The first kappa shape index (κ1) is 32.1. The first-order valence-electron chi connectivity index (χ1n) is 14.1. The maximum absolute atomic E-state index is 14.0. The Morgan fingerprint density at radius 3 is 2.63 bits per heavy atom. The van der Waals surface area contributed by atoms with Crippen LogP contribution in [0.5, 0.6) is 0 Å². The summed E-state index contributed by atoms with van der Waals surface area (Å²) in [4.78, 5) is 31.9. The van der Waals surface area contributed by atoms with Gasteiger partial charge in [0, 0.05) is 31.3 Å². The SMILES string of the molecule is CO[C@H]1[C@H]2C[P@@](=O)(S)OC[C@H]3C[C@@H](n4cnc5c(N)ccnc54)[C@H](O)[C@@H]3O[P@@](=O)(S)OC[C@H]1O[C@H]2n1cnc2c(=O)[nH]c(N)nc21. The normalized spacial score (nSPS) is 37.1. The standard InChI is InChI=1S/C24H31N9O9P2S2/c1-38-19-11-7-43(36,45)39-5-10-4-13(32-8-28-15-12(25)2-3-27-20(15)32)17(34)18(10)42-44(37,46)40-6-14(19)41-23(11)33-9-29-16-21(33)30-24(26)31-22(16)35/h2-3,8-11,13-14,17-19,23,34H,4-7H2,1H3,(H2,25,27)(H,36,45)(H,37,46)(H3,26,30,31,35)/t10-,11-,13-,14-,17+,18-,19+,23-,43+,44+/m1/s1. The van der Waals surface area contributed by atoms with Gasteiger partial charge in [0.15, 0.2) is 16.8 Å². The molecule has 0 radical (unpaired) electrons. The second-order valence-corrected chi connectivity index (χ2v) is 18.0. The molecule has 0 unspecified atom stereocenters. The summed E-state index contributed by atoms with van der Waals surface area (Å²) < 4.78 is 60.4. The predicted molar refractivity (Wildman–Crippen MR) is 171 cm³/mol. The molecular formula is C24H31N9O9P2S2. The first-order valence-corrected chi connectivity index (χ1v) is 19.8. The van der Waals surface area contributed by atoms with E-state index < -0.39 is 67.4 Å². The molecule has 1 saturated carbocycles. The number of pyridine rings is 1. The molecule has 6 N–H and O–H groups in total. The molecule has 6 heterocycles. The van der Waals surface area contributed by atoms with Crippen LogP contribution in [0.25, 0.3) is 22.3 Å². The lowest BCUT2D eigenvalue weighted by molar-refractivity contribution is -0.0519. The summed E-state index contributed by atoms with van der Waals surface area (Å²) in [7, 11) is 1.44. The monoisotopic (exact) mass is 715 g/mol. The van der Waals surface area contributed by atoms with Crippen LogP contribution < -0.4 is 17.0 Å². The number of aromatic amines is 1. The quantitative estimate of drug-likeness (QED) is 0.131. The molecule has 4 aromatic heterocycles. The minimum atomic E-state index is -4.15. The Labute approximate surface area is 270 Å². The molecule has 0 amide bonds. The van der Waals surface area contributed by atoms with Crippen LogP contribution in [0.2, 0.25) is 0 Å². The molecule has 3 aliphatic rings. The van der Waals surface area contributed by atoms with Gasteiger partial charge in [-0.2, -0.15) is 4.98 Å². The van der Waals surface area contributed by atoms with Gasteiger partial charge < -0.3 is 35.1 Å². The number of nitrogens with two attached hydrogens (primary N) is 2. The third-order valence-corrected chi connectivity index (χ3v) is 12.5. The highest BCUT2D eigenvalue weighted by Crippen LogP contribution is 2.61. The number of aliphatic hydroxyl groups is 1. The summed E-state index contributed by atoms with van der Waals surface area (Å²) in [5.41, 5.74) is 12.8. The van der Waals surface area contributed by atoms with Crippen LogP contribution in [-0.2, 0) is 32.2 Å². The summed E-state index contributed by atoms with van der Waals surface area (Å²) in [5.74, 6) is -1.46. The van der Waals surface area contributed by atoms with Gasteiger partial charge in [0.1, 0.15) is 30.1 Å². The fraction of sp³-hybridized carbons (Fsp3) is 0.542. The number of rotatable bonds is 3. The summed E-state index contributed by atoms with van der Waals surface area (Å²) >= 11 is 8.67. The van der Waals surface area contributed by atoms with E-state index in [1.165, 1.54) is 30.5 Å². The van der Waals surface area contributed by atoms with Crippen LogP contribution in [0, 0.1) is 11.8 Å². The van der Waals surface area contributed by atoms with Crippen molar-refractivity contribution in [2.45, 2.75) is 43.1 Å². The maximum Gasteiger partial charge on any atom is 0.386 e. The van der Waals surface area contributed by atoms with Gasteiger partial charge in [-0.05, 0) is 12.5 Å². The van der Waals surface area contributed by atoms with Crippen molar-refractivity contribution in [3.8, 4) is 0 Å². The number of H-pyrrole nitrogens is 1. The van der Waals surface area contributed by atoms with E-state index in [0.29, 0.717) is 16.9 Å². The molecule has 2 aliphatic heterocycles. The van der Waals surface area contributed by atoms with Crippen molar-refractivity contribution in [3.63, 3.8) is 0 Å². The van der Waals surface area contributed by atoms with E-state index in [9.17, 15) is 19.0 Å². The Morgan fingerprint density at radius 2 is 1.85 bits per heavy atom. The number of hydrogen-bond donors (Lipinski definition) is 6. The summed E-state index contributed by atoms with van der Waals surface area (Å²) in [6.45, 7) is -8.38. The predicted octanol–water partition coefficient (Wildman–Crippen LogP) is 1.77. The first-order chi connectivity index (χ1) is 21.9. The van der Waals surface area contributed by atoms with Gasteiger partial charge in [0.05, 0.1) is 43.7 Å². The van der Waals surface area contributed by atoms with Crippen molar-refractivity contribution in [3.05, 3.63) is 35.3 Å². The van der Waals surface area contributed by atoms with Crippen LogP contribution in [0.3, 0.4) is 0 Å². The number of nitrogens with zero attached hydrogens (tertiary/aromatic N) is 6. The van der Waals surface area contributed by atoms with Crippen molar-refractivity contribution < 1.29 is 37.3 Å². The van der Waals surface area contributed by atoms with Gasteiger partial charge in [-0.25, -0.2) is 19.5 Å². The Bertz CT molecular complexity index is 1960. The van der Waals surface area contributed by atoms with Gasteiger partial charge in [0.25, 0.3) is 12.1 Å². The molecule has 4 aromatic rings. The molecule has 3 fully saturated rings. The largest absolute Gasteiger partial charge is 0.397 e. The van der Waals surface area contributed by atoms with Gasteiger partial charge in [0.2, 0.25) is 5.95 Å². The summed E-state index contributed by atoms with van der Waals surface area (Å²) in [5, 5.41) is 11.5. The molecule has 46 heavy (non-hydrogen) atoms. The number of aromatic nitrogens is 7. The smallest absolute Gasteiger partial charge is 0.386 e. The summed E-state index contributed by atoms with van der Waals surface area (Å²) in [6, 6.07) is 0.977. The lowest BCUT2D eigenvalue weighted by Crippen LogP contribution is -2.34. The second-order valence-electron chi connectivity index (χ2n) is 11.4. The van der Waals surface area contributed by atoms with Crippen molar-refractivity contribution in [2.24, 2.45) is 11.8 Å². The lowest BCUT2D eigenvalue weighted by atomic mass is 10.0. The average Bonchev–Trinajstić information content (AvgIpc) is 3.75. The van der Waals surface area contributed by atoms with Crippen molar-refractivity contribution >= 4 is 71.8 Å². The lowest BCUT2D eigenvalue weighted by Gasteiger charge is -2.27. The van der Waals surface area contributed by atoms with E-state index >= 15 is 0 Å². The third-order valence-electron chi connectivity index (χ3n) is 8.64. The van der Waals surface area contributed by atoms with E-state index in [4.69, 9.17) is 34.5 Å². The Morgan fingerprint density at radius 1 is 1.09 bits per heavy atom. The van der Waals surface area contributed by atoms with Crippen LogP contribution >= 0.6 is 37.9 Å². The number of fused-ring (bicyclic) bond motifs is 5. The molecule has 2 saturated heterocycles. The molecular weight excluding hydrogens is 684 g/mol. The molecule has 0 spiro atoms. The number of anilines is 2. The fourth-order valence-electron chi connectivity index (χ4n) is 6.60. The molecule has 1 aliphatic carbocycles. The molecule has 248 valence electrons. The highest BCUT2D eigenvalue weighted by atomic mass is 32.7. The number of nitrogens with one attached hydrogen (secondary N) is 1. The third kappa shape index (κ3) is 5.67. The minimum absolute atomic E-state index is 0.0159. The highest BCUT2D eigenvalue weighted by molar-refractivity contribution is 8.46. The van der Waals surface area contributed by atoms with Crippen LogP contribution in [0.4, 0.5) is 11.6 Å². The van der Waals surface area contributed by atoms with Gasteiger partial charge in [-0.1, -0.05) is 24.5 Å². The maximum atomic E-state index is 14.0. The molecule has 22 heteroatoms. The van der Waals surface area contributed by atoms with Crippen molar-refractivity contribution in [1.82, 2.24) is 34.1 Å². The zero-order chi connectivity index (χ0) is 32.5. The van der Waals surface area contributed by atoms with E-state index in [1.807, 2.05) is 0 Å². The van der Waals surface area contributed by atoms with Crippen molar-refractivity contribution in [1.29, 1.82) is 0 Å². The van der Waals surface area contributed by atoms with Crippen LogP contribution in [0.1, 0.15) is 18.7 Å². The zero-order valence-electron chi connectivity index (χ0n) is 24.1. The van der Waals surface area contributed by atoms with E-state index in [2.05, 4.69) is 49.4 Å². The van der Waals surface area contributed by atoms with E-state index in [1.54, 1.807) is 10.6 Å². The zero-order valence-corrected chi connectivity index (χ0v) is 27.7. The Kier molecular flexibility index (Phi) is 8.27. The number of methoxy groups -OCH3 is 1. The molecule has 7 rings (SSSR count).